The van der Waals surface area contributed by atoms with Gasteiger partial charge in [-0.2, -0.15) is 0 Å². The average molecular weight is 1150 g/mol. The standard InChI is InChI=1S/C77H124O6/c1-4-7-10-13-16-19-22-25-28-30-32-34-35-36-37-38-39-40-41-43-44-46-49-52-55-58-61-64-67-70-76(79)82-73-74(72-81-75(78)69-66-63-60-57-54-51-48-27-24-21-18-15-12-9-6-3)83-77(80)71-68-65-62-59-56-53-50-47-45-42-33-31-29-26-23-20-17-14-11-8-5-2/h7,9-10,12,16,18-19,21,25,27-28,32,34,36-37,39-40,43-44,48-49,52,54,57-58,61,74H,4-6,8,11,13-15,17,20,22-24,26,29-31,33,35,38,41-42,45-47,50-51,53,55-56,59-60,62-73H2,1-3H3/b10-7-,12-9-,19-16-,21-18-,28-25-,34-32-,37-36-,40-39-,44-43-,48-27-,52-49-,57-54-,61-58-. The Hall–Kier alpha value is -4.97. The second kappa shape index (κ2) is 69.5. The van der Waals surface area contributed by atoms with Crippen molar-refractivity contribution in [2.24, 2.45) is 0 Å². The molecule has 6 heteroatoms. The number of hydrogen-bond donors (Lipinski definition) is 0. The van der Waals surface area contributed by atoms with Gasteiger partial charge in [-0.1, -0.05) is 307 Å². The Labute approximate surface area is 511 Å². The summed E-state index contributed by atoms with van der Waals surface area (Å²) < 4.78 is 16.9. The van der Waals surface area contributed by atoms with Gasteiger partial charge in [0.1, 0.15) is 13.2 Å². The quantitative estimate of drug-likeness (QED) is 0.0261. The molecular formula is C77H124O6. The van der Waals surface area contributed by atoms with Crippen molar-refractivity contribution in [2.75, 3.05) is 13.2 Å². The van der Waals surface area contributed by atoms with Crippen molar-refractivity contribution in [1.29, 1.82) is 0 Å². The van der Waals surface area contributed by atoms with Gasteiger partial charge in [0.25, 0.3) is 0 Å². The van der Waals surface area contributed by atoms with E-state index in [0.717, 1.165) is 122 Å². The molecule has 1 unspecified atom stereocenters. The third-order valence-electron chi connectivity index (χ3n) is 14.0. The molecule has 468 valence electrons. The minimum atomic E-state index is -0.826. The highest BCUT2D eigenvalue weighted by atomic mass is 16.6. The summed E-state index contributed by atoms with van der Waals surface area (Å²) in [6, 6.07) is 0. The first-order valence-corrected chi connectivity index (χ1v) is 34.0. The minimum absolute atomic E-state index is 0.121. The van der Waals surface area contributed by atoms with E-state index < -0.39 is 6.10 Å². The van der Waals surface area contributed by atoms with Crippen LogP contribution in [0.2, 0.25) is 0 Å². The number of allylic oxidation sites excluding steroid dienone is 26. The van der Waals surface area contributed by atoms with Crippen LogP contribution in [0, 0.1) is 0 Å². The summed E-state index contributed by atoms with van der Waals surface area (Å²) in [4.78, 5) is 38.4. The Kier molecular flexibility index (Phi) is 65.4. The third-order valence-corrected chi connectivity index (χ3v) is 14.0. The fraction of sp³-hybridized carbons (Fsp3) is 0.623. The molecule has 0 N–H and O–H groups in total. The molecule has 83 heavy (non-hydrogen) atoms. The molecule has 0 saturated carbocycles. The highest BCUT2D eigenvalue weighted by Gasteiger charge is 2.19. The summed E-state index contributed by atoms with van der Waals surface area (Å²) in [5.41, 5.74) is 0. The molecule has 0 aliphatic heterocycles. The smallest absolute Gasteiger partial charge is 0.306 e. The van der Waals surface area contributed by atoms with Crippen LogP contribution in [0.3, 0.4) is 0 Å². The minimum Gasteiger partial charge on any atom is -0.462 e. The first-order chi connectivity index (χ1) is 41.0. The highest BCUT2D eigenvalue weighted by Crippen LogP contribution is 2.16. The van der Waals surface area contributed by atoms with E-state index in [4.69, 9.17) is 14.2 Å². The van der Waals surface area contributed by atoms with Crippen LogP contribution in [0.4, 0.5) is 0 Å². The molecule has 0 heterocycles. The van der Waals surface area contributed by atoms with E-state index in [1.54, 1.807) is 0 Å². The molecule has 0 amide bonds. The monoisotopic (exact) mass is 1140 g/mol. The van der Waals surface area contributed by atoms with E-state index in [9.17, 15) is 14.4 Å². The van der Waals surface area contributed by atoms with E-state index >= 15 is 0 Å². The lowest BCUT2D eigenvalue weighted by atomic mass is 10.0. The van der Waals surface area contributed by atoms with Crippen LogP contribution in [0.5, 0.6) is 0 Å². The van der Waals surface area contributed by atoms with Crippen LogP contribution in [0.1, 0.15) is 290 Å². The fourth-order valence-electron chi connectivity index (χ4n) is 9.02. The largest absolute Gasteiger partial charge is 0.462 e. The molecular weight excluding hydrogens is 1020 g/mol. The van der Waals surface area contributed by atoms with Gasteiger partial charge >= 0.3 is 17.9 Å². The lowest BCUT2D eigenvalue weighted by Crippen LogP contribution is -2.30. The number of carbonyl (C=O) groups is 3. The molecule has 0 bridgehead atoms. The highest BCUT2D eigenvalue weighted by molar-refractivity contribution is 5.71. The van der Waals surface area contributed by atoms with Gasteiger partial charge in [0.2, 0.25) is 0 Å². The predicted molar refractivity (Wildman–Crippen MR) is 362 cm³/mol. The maximum Gasteiger partial charge on any atom is 0.306 e. The Morgan fingerprint density at radius 3 is 0.783 bits per heavy atom. The van der Waals surface area contributed by atoms with Gasteiger partial charge in [0, 0.05) is 19.3 Å². The van der Waals surface area contributed by atoms with Crippen LogP contribution in [0.15, 0.2) is 158 Å². The van der Waals surface area contributed by atoms with Crippen molar-refractivity contribution in [3.8, 4) is 0 Å². The third kappa shape index (κ3) is 67.7. The van der Waals surface area contributed by atoms with Crippen LogP contribution in [-0.4, -0.2) is 37.2 Å². The second-order valence-corrected chi connectivity index (χ2v) is 22.0. The predicted octanol–water partition coefficient (Wildman–Crippen LogP) is 23.7. The summed E-state index contributed by atoms with van der Waals surface area (Å²) in [6.45, 7) is 6.35. The van der Waals surface area contributed by atoms with Crippen molar-refractivity contribution in [3.05, 3.63) is 158 Å². The van der Waals surface area contributed by atoms with Gasteiger partial charge in [-0.3, -0.25) is 14.4 Å². The topological polar surface area (TPSA) is 78.9 Å². The molecule has 0 saturated heterocycles. The van der Waals surface area contributed by atoms with E-state index in [0.29, 0.717) is 25.7 Å². The average Bonchev–Trinajstić information content (AvgIpc) is 3.49. The van der Waals surface area contributed by atoms with E-state index in [-0.39, 0.29) is 37.5 Å². The molecule has 0 spiro atoms. The number of esters is 3. The van der Waals surface area contributed by atoms with Gasteiger partial charge in [-0.25, -0.2) is 0 Å². The van der Waals surface area contributed by atoms with Crippen molar-refractivity contribution in [3.63, 3.8) is 0 Å². The number of hydrogen-bond acceptors (Lipinski definition) is 6. The summed E-state index contributed by atoms with van der Waals surface area (Å²) in [5, 5.41) is 0. The van der Waals surface area contributed by atoms with Crippen LogP contribution in [0.25, 0.3) is 0 Å². The second-order valence-electron chi connectivity index (χ2n) is 22.0. The molecule has 1 atom stereocenters. The first kappa shape index (κ1) is 78.0. The Morgan fingerprint density at radius 1 is 0.253 bits per heavy atom. The summed E-state index contributed by atoms with van der Waals surface area (Å²) in [6.07, 6.45) is 101. The lowest BCUT2D eigenvalue weighted by Gasteiger charge is -2.18. The molecule has 0 aliphatic rings. The lowest BCUT2D eigenvalue weighted by molar-refractivity contribution is -0.167. The number of ether oxygens (including phenoxy) is 3. The number of rotatable bonds is 60. The number of carbonyl (C=O) groups excluding carboxylic acids is 3. The fourth-order valence-corrected chi connectivity index (χ4v) is 9.02. The molecule has 0 aliphatic carbocycles. The number of unbranched alkanes of at least 4 members (excludes halogenated alkanes) is 23. The molecule has 6 nitrogen and oxygen atoms in total. The van der Waals surface area contributed by atoms with Crippen molar-refractivity contribution < 1.29 is 28.6 Å². The Morgan fingerprint density at radius 2 is 0.482 bits per heavy atom. The van der Waals surface area contributed by atoms with Gasteiger partial charge in [-0.05, 0) is 122 Å². The molecule has 0 aromatic carbocycles. The maximum absolute atomic E-state index is 12.9. The van der Waals surface area contributed by atoms with Gasteiger partial charge in [0.05, 0.1) is 0 Å². The maximum atomic E-state index is 12.9. The normalized spacial score (nSPS) is 13.1. The first-order valence-electron chi connectivity index (χ1n) is 34.0. The van der Waals surface area contributed by atoms with Gasteiger partial charge in [-0.15, -0.1) is 0 Å². The van der Waals surface area contributed by atoms with Gasteiger partial charge < -0.3 is 14.2 Å². The van der Waals surface area contributed by atoms with Crippen molar-refractivity contribution >= 4 is 17.9 Å². The molecule has 0 aromatic rings. The zero-order valence-electron chi connectivity index (χ0n) is 53.7. The zero-order chi connectivity index (χ0) is 59.9. The molecule has 0 fully saturated rings. The van der Waals surface area contributed by atoms with Crippen LogP contribution >= 0.6 is 0 Å². The van der Waals surface area contributed by atoms with Crippen LogP contribution in [-0.2, 0) is 28.6 Å². The summed E-state index contributed by atoms with van der Waals surface area (Å²) in [7, 11) is 0. The van der Waals surface area contributed by atoms with Gasteiger partial charge in [0.15, 0.2) is 6.10 Å². The molecule has 0 rings (SSSR count). The van der Waals surface area contributed by atoms with Crippen molar-refractivity contribution in [1.82, 2.24) is 0 Å². The molecule has 0 radical (unpaired) electrons. The Balaban J connectivity index is 4.49. The van der Waals surface area contributed by atoms with E-state index in [2.05, 4.69) is 179 Å². The van der Waals surface area contributed by atoms with Crippen molar-refractivity contribution in [2.45, 2.75) is 297 Å². The summed E-state index contributed by atoms with van der Waals surface area (Å²) >= 11 is 0. The van der Waals surface area contributed by atoms with E-state index in [1.165, 1.54) is 116 Å². The summed E-state index contributed by atoms with van der Waals surface area (Å²) in [5.74, 6) is -1.02. The van der Waals surface area contributed by atoms with Crippen LogP contribution < -0.4 is 0 Å². The SMILES string of the molecule is CC/C=C\C/C=C\C/C=C\C/C=C\C/C=C\C/C=C\C/C=C\C/C=C\C/C=C\CCCC(=O)OCC(COC(=O)CCCC/C=C\C/C=C\C/C=C\C/C=C\CC)OC(=O)CCCCCCCCCCCCCCCCCCCCCCC. The Bertz CT molecular complexity index is 1840. The van der Waals surface area contributed by atoms with E-state index in [1.807, 2.05) is 0 Å². The zero-order valence-corrected chi connectivity index (χ0v) is 53.7. The molecule has 0 aromatic heterocycles.